The maximum absolute atomic E-state index is 13.2. The molecule has 1 aromatic carbocycles. The lowest BCUT2D eigenvalue weighted by atomic mass is 10.1. The summed E-state index contributed by atoms with van der Waals surface area (Å²) in [5.74, 6) is 0.727. The van der Waals surface area contributed by atoms with Crippen LogP contribution in [0.4, 0.5) is 0 Å². The van der Waals surface area contributed by atoms with Crippen molar-refractivity contribution in [1.82, 2.24) is 19.4 Å². The third kappa shape index (κ3) is 4.32. The molecule has 1 saturated heterocycles. The minimum Gasteiger partial charge on any atom is -0.497 e. The minimum absolute atomic E-state index is 0.0485. The molecule has 0 saturated carbocycles. The second-order valence-electron chi connectivity index (χ2n) is 7.88. The van der Waals surface area contributed by atoms with Crippen LogP contribution in [0.15, 0.2) is 47.4 Å². The Morgan fingerprint density at radius 1 is 1.10 bits per heavy atom. The molecule has 0 unspecified atom stereocenters. The summed E-state index contributed by atoms with van der Waals surface area (Å²) in [5.41, 5.74) is 2.62. The second kappa shape index (κ2) is 8.89. The van der Waals surface area contributed by atoms with E-state index < -0.39 is 0 Å². The Bertz CT molecular complexity index is 1150. The predicted octanol–water partition coefficient (Wildman–Crippen LogP) is 2.54. The van der Waals surface area contributed by atoms with Crippen LogP contribution in [0.3, 0.4) is 0 Å². The van der Waals surface area contributed by atoms with Gasteiger partial charge in [-0.2, -0.15) is 0 Å². The van der Waals surface area contributed by atoms with Gasteiger partial charge in [0.15, 0.2) is 0 Å². The average molecular weight is 421 g/mol. The summed E-state index contributed by atoms with van der Waals surface area (Å²) in [6.07, 6.45) is 1.76. The lowest BCUT2D eigenvalue weighted by Gasteiger charge is -2.34. The average Bonchev–Trinajstić information content (AvgIpc) is 2.81. The zero-order chi connectivity index (χ0) is 22.0. The fraction of sp³-hybridized carbons (Fsp3) is 0.375. The fourth-order valence-electron chi connectivity index (χ4n) is 4.01. The Kier molecular flexibility index (Phi) is 6.04. The molecule has 162 valence electrons. The van der Waals surface area contributed by atoms with Gasteiger partial charge in [-0.15, -0.1) is 0 Å². The number of nitrogens with zero attached hydrogens (tertiary/aromatic N) is 4. The highest BCUT2D eigenvalue weighted by atomic mass is 16.5. The second-order valence-corrected chi connectivity index (χ2v) is 7.88. The van der Waals surface area contributed by atoms with Crippen molar-refractivity contribution in [2.24, 2.45) is 0 Å². The molecular formula is C24H28N4O3. The molecule has 1 aliphatic heterocycles. The summed E-state index contributed by atoms with van der Waals surface area (Å²) in [7, 11) is 1.63. The summed E-state index contributed by atoms with van der Waals surface area (Å²) in [6, 6.07) is 11.2. The number of pyridine rings is 2. The van der Waals surface area contributed by atoms with Crippen molar-refractivity contribution in [3.63, 3.8) is 0 Å². The van der Waals surface area contributed by atoms with Crippen LogP contribution < -0.4 is 10.3 Å². The van der Waals surface area contributed by atoms with Gasteiger partial charge in [-0.05, 0) is 43.3 Å². The van der Waals surface area contributed by atoms with Crippen LogP contribution in [0.25, 0.3) is 10.9 Å². The molecule has 3 heterocycles. The highest BCUT2D eigenvalue weighted by Gasteiger charge is 2.23. The number of likely N-dealkylation sites (N-methyl/N-ethyl adjacent to an activating group) is 1. The minimum atomic E-state index is -0.148. The highest BCUT2D eigenvalue weighted by molar-refractivity contribution is 5.98. The molecule has 7 heteroatoms. The Morgan fingerprint density at radius 2 is 1.81 bits per heavy atom. The van der Waals surface area contributed by atoms with E-state index in [1.165, 1.54) is 0 Å². The molecule has 0 radical (unpaired) electrons. The van der Waals surface area contributed by atoms with Crippen molar-refractivity contribution in [2.45, 2.75) is 20.4 Å². The molecule has 0 N–H and O–H groups in total. The molecule has 2 aromatic heterocycles. The van der Waals surface area contributed by atoms with Crippen LogP contribution in [-0.2, 0) is 6.54 Å². The van der Waals surface area contributed by atoms with E-state index in [-0.39, 0.29) is 11.5 Å². The monoisotopic (exact) mass is 420 g/mol. The van der Waals surface area contributed by atoms with Gasteiger partial charge in [0.05, 0.1) is 35.8 Å². The van der Waals surface area contributed by atoms with Crippen LogP contribution in [0, 0.1) is 6.92 Å². The topological polar surface area (TPSA) is 67.7 Å². The molecule has 31 heavy (non-hydrogen) atoms. The van der Waals surface area contributed by atoms with Gasteiger partial charge in [-0.3, -0.25) is 14.6 Å². The van der Waals surface area contributed by atoms with E-state index in [0.29, 0.717) is 41.8 Å². The number of ether oxygens (including phenoxy) is 1. The number of carbonyl (C=O) groups excluding carboxylic acids is 1. The Hall–Kier alpha value is -3.19. The normalized spacial score (nSPS) is 14.7. The van der Waals surface area contributed by atoms with Gasteiger partial charge in [0, 0.05) is 32.4 Å². The molecule has 4 rings (SSSR count). The fourth-order valence-corrected chi connectivity index (χ4v) is 4.01. The maximum Gasteiger partial charge on any atom is 0.260 e. The van der Waals surface area contributed by atoms with E-state index in [4.69, 9.17) is 4.74 Å². The zero-order valence-electron chi connectivity index (χ0n) is 18.3. The van der Waals surface area contributed by atoms with Gasteiger partial charge in [-0.1, -0.05) is 19.1 Å². The third-order valence-electron chi connectivity index (χ3n) is 6.00. The molecule has 7 nitrogen and oxygen atoms in total. The summed E-state index contributed by atoms with van der Waals surface area (Å²) in [5, 5.41) is 0.470. The first-order chi connectivity index (χ1) is 15.0. The van der Waals surface area contributed by atoms with Crippen molar-refractivity contribution in [3.8, 4) is 5.75 Å². The number of fused-ring (bicyclic) bond motifs is 1. The molecule has 0 aliphatic carbocycles. The summed E-state index contributed by atoms with van der Waals surface area (Å²) in [6.45, 7) is 8.53. The third-order valence-corrected chi connectivity index (χ3v) is 6.00. The number of hydrogen-bond donors (Lipinski definition) is 0. The number of hydrogen-bond acceptors (Lipinski definition) is 5. The van der Waals surface area contributed by atoms with Crippen LogP contribution in [0.1, 0.15) is 28.5 Å². The standard InChI is InChI=1S/C24H28N4O3/c1-4-26-11-13-27(14-12-26)23(29)20-15-21-22(25-17(20)2)9-10-28(24(21)30)16-18-5-7-19(31-3)8-6-18/h5-10,15H,4,11-14,16H2,1-3H3. The van der Waals surface area contributed by atoms with Gasteiger partial charge in [0.25, 0.3) is 11.5 Å². The molecule has 1 aliphatic rings. The van der Waals surface area contributed by atoms with Gasteiger partial charge >= 0.3 is 0 Å². The summed E-state index contributed by atoms with van der Waals surface area (Å²) in [4.78, 5) is 35.1. The molecule has 0 atom stereocenters. The van der Waals surface area contributed by atoms with E-state index in [1.54, 1.807) is 23.9 Å². The molecule has 1 fully saturated rings. The van der Waals surface area contributed by atoms with E-state index >= 15 is 0 Å². The maximum atomic E-state index is 13.2. The zero-order valence-corrected chi connectivity index (χ0v) is 18.3. The van der Waals surface area contributed by atoms with Crippen molar-refractivity contribution < 1.29 is 9.53 Å². The molecular weight excluding hydrogens is 392 g/mol. The van der Waals surface area contributed by atoms with Crippen molar-refractivity contribution in [2.75, 3.05) is 39.8 Å². The number of rotatable bonds is 5. The predicted molar refractivity (Wildman–Crippen MR) is 121 cm³/mol. The summed E-state index contributed by atoms with van der Waals surface area (Å²) >= 11 is 0. The molecule has 3 aromatic rings. The van der Waals surface area contributed by atoms with Crippen LogP contribution >= 0.6 is 0 Å². The Morgan fingerprint density at radius 3 is 2.45 bits per heavy atom. The first-order valence-electron chi connectivity index (χ1n) is 10.7. The number of benzene rings is 1. The lowest BCUT2D eigenvalue weighted by Crippen LogP contribution is -2.48. The largest absolute Gasteiger partial charge is 0.497 e. The van der Waals surface area contributed by atoms with Crippen LogP contribution in [0.2, 0.25) is 0 Å². The molecule has 1 amide bonds. The quantitative estimate of drug-likeness (QED) is 0.635. The first kappa shape index (κ1) is 21.1. The van der Waals surface area contributed by atoms with Crippen molar-refractivity contribution in [3.05, 3.63) is 69.8 Å². The Labute approximate surface area is 181 Å². The van der Waals surface area contributed by atoms with E-state index in [2.05, 4.69) is 16.8 Å². The van der Waals surface area contributed by atoms with Crippen molar-refractivity contribution in [1.29, 1.82) is 0 Å². The van der Waals surface area contributed by atoms with Crippen LogP contribution in [0.5, 0.6) is 5.75 Å². The van der Waals surface area contributed by atoms with E-state index in [9.17, 15) is 9.59 Å². The van der Waals surface area contributed by atoms with E-state index in [0.717, 1.165) is 30.9 Å². The number of aryl methyl sites for hydroxylation is 1. The number of amides is 1. The van der Waals surface area contributed by atoms with E-state index in [1.807, 2.05) is 42.2 Å². The first-order valence-corrected chi connectivity index (χ1v) is 10.7. The molecule has 0 spiro atoms. The highest BCUT2D eigenvalue weighted by Crippen LogP contribution is 2.18. The van der Waals surface area contributed by atoms with Crippen LogP contribution in [-0.4, -0.2) is 65.1 Å². The van der Waals surface area contributed by atoms with Gasteiger partial charge < -0.3 is 19.1 Å². The number of piperazine rings is 1. The molecule has 0 bridgehead atoms. The number of methoxy groups -OCH3 is 1. The summed E-state index contributed by atoms with van der Waals surface area (Å²) < 4.78 is 6.84. The Balaban J connectivity index is 1.64. The lowest BCUT2D eigenvalue weighted by molar-refractivity contribution is 0.0642. The van der Waals surface area contributed by atoms with Gasteiger partial charge in [0.2, 0.25) is 0 Å². The van der Waals surface area contributed by atoms with Gasteiger partial charge in [-0.25, -0.2) is 0 Å². The SMILES string of the molecule is CCN1CCN(C(=O)c2cc3c(=O)n(Cc4ccc(OC)cc4)ccc3nc2C)CC1. The smallest absolute Gasteiger partial charge is 0.260 e. The number of aromatic nitrogens is 2. The van der Waals surface area contributed by atoms with Crippen molar-refractivity contribution >= 4 is 16.8 Å². The van der Waals surface area contributed by atoms with Gasteiger partial charge in [0.1, 0.15) is 5.75 Å². The number of carbonyl (C=O) groups is 1.